The second kappa shape index (κ2) is 4.26. The molecular weight excluding hydrogens is 152 g/mol. The number of nitrogens with zero attached hydrogens (tertiary/aromatic N) is 2. The maximum Gasteiger partial charge on any atom is 0.0985 e. The van der Waals surface area contributed by atoms with Crippen molar-refractivity contribution in [1.29, 1.82) is 0 Å². The minimum absolute atomic E-state index is 0.494. The first-order chi connectivity index (χ1) is 5.86. The lowest BCUT2D eigenvalue weighted by atomic mass is 10.3. The molecule has 1 aromatic heterocycles. The van der Waals surface area contributed by atoms with Gasteiger partial charge in [0, 0.05) is 6.20 Å². The van der Waals surface area contributed by atoms with Crippen molar-refractivity contribution in [2.45, 2.75) is 26.8 Å². The maximum atomic E-state index is 5.04. The molecule has 1 saturated heterocycles. The van der Waals surface area contributed by atoms with E-state index in [1.165, 1.54) is 0 Å². The van der Waals surface area contributed by atoms with Crippen LogP contribution in [0.2, 0.25) is 0 Å². The van der Waals surface area contributed by atoms with E-state index in [9.17, 15) is 0 Å². The molecular formula is C9H16N2O. The minimum atomic E-state index is 0.494. The van der Waals surface area contributed by atoms with Gasteiger partial charge >= 0.3 is 0 Å². The van der Waals surface area contributed by atoms with Crippen LogP contribution in [-0.2, 0) is 4.74 Å². The van der Waals surface area contributed by atoms with Gasteiger partial charge < -0.3 is 4.74 Å². The van der Waals surface area contributed by atoms with Crippen molar-refractivity contribution in [3.63, 3.8) is 0 Å². The lowest BCUT2D eigenvalue weighted by molar-refractivity contribution is -0.0287. The summed E-state index contributed by atoms with van der Waals surface area (Å²) in [7, 11) is 0. The molecule has 2 heterocycles. The van der Waals surface area contributed by atoms with Crippen LogP contribution in [0.3, 0.4) is 0 Å². The average molecular weight is 168 g/mol. The van der Waals surface area contributed by atoms with Gasteiger partial charge in [0.2, 0.25) is 0 Å². The van der Waals surface area contributed by atoms with Crippen LogP contribution in [0.15, 0.2) is 12.3 Å². The SMILES string of the molecule is CC.Cc1ccn(C2COC2)n1. The highest BCUT2D eigenvalue weighted by atomic mass is 16.5. The fourth-order valence-corrected chi connectivity index (χ4v) is 1.01. The van der Waals surface area contributed by atoms with E-state index in [0.29, 0.717) is 6.04 Å². The van der Waals surface area contributed by atoms with Gasteiger partial charge in [0.05, 0.1) is 24.9 Å². The lowest BCUT2D eigenvalue weighted by Gasteiger charge is -2.25. The summed E-state index contributed by atoms with van der Waals surface area (Å²) in [4.78, 5) is 0. The second-order valence-corrected chi connectivity index (χ2v) is 2.63. The van der Waals surface area contributed by atoms with Crippen LogP contribution in [0, 0.1) is 6.92 Å². The average Bonchev–Trinajstić information content (AvgIpc) is 2.37. The molecule has 12 heavy (non-hydrogen) atoms. The summed E-state index contributed by atoms with van der Waals surface area (Å²) >= 11 is 0. The Morgan fingerprint density at radius 1 is 1.50 bits per heavy atom. The van der Waals surface area contributed by atoms with Crippen LogP contribution in [0.4, 0.5) is 0 Å². The summed E-state index contributed by atoms with van der Waals surface area (Å²) in [6.07, 6.45) is 2.00. The zero-order valence-corrected chi connectivity index (χ0v) is 7.95. The van der Waals surface area contributed by atoms with Crippen LogP contribution < -0.4 is 0 Å². The van der Waals surface area contributed by atoms with E-state index in [0.717, 1.165) is 18.9 Å². The van der Waals surface area contributed by atoms with Gasteiger partial charge in [-0.05, 0) is 13.0 Å². The van der Waals surface area contributed by atoms with Crippen LogP contribution in [0.1, 0.15) is 25.6 Å². The topological polar surface area (TPSA) is 27.1 Å². The highest BCUT2D eigenvalue weighted by Crippen LogP contribution is 2.15. The first-order valence-electron chi connectivity index (χ1n) is 4.46. The van der Waals surface area contributed by atoms with Gasteiger partial charge in [-0.25, -0.2) is 0 Å². The molecule has 68 valence electrons. The number of aromatic nitrogens is 2. The first-order valence-corrected chi connectivity index (χ1v) is 4.46. The highest BCUT2D eigenvalue weighted by Gasteiger charge is 2.20. The molecule has 0 saturated carbocycles. The fraction of sp³-hybridized carbons (Fsp3) is 0.667. The van der Waals surface area contributed by atoms with Crippen molar-refractivity contribution >= 4 is 0 Å². The van der Waals surface area contributed by atoms with E-state index in [1.807, 2.05) is 37.7 Å². The summed E-state index contributed by atoms with van der Waals surface area (Å²) in [6.45, 7) is 7.64. The van der Waals surface area contributed by atoms with Crippen molar-refractivity contribution in [2.75, 3.05) is 13.2 Å². The third kappa shape index (κ3) is 1.85. The van der Waals surface area contributed by atoms with Gasteiger partial charge in [0.1, 0.15) is 0 Å². The molecule has 1 fully saturated rings. The Hall–Kier alpha value is -0.830. The molecule has 0 bridgehead atoms. The van der Waals surface area contributed by atoms with Crippen LogP contribution in [0.5, 0.6) is 0 Å². The van der Waals surface area contributed by atoms with Gasteiger partial charge in [-0.3, -0.25) is 4.68 Å². The zero-order valence-electron chi connectivity index (χ0n) is 7.95. The summed E-state index contributed by atoms with van der Waals surface area (Å²) in [5, 5.41) is 4.27. The molecule has 0 atom stereocenters. The predicted octanol–water partition coefficient (Wildman–Crippen LogP) is 1.79. The molecule has 1 aliphatic heterocycles. The van der Waals surface area contributed by atoms with Crippen LogP contribution in [-0.4, -0.2) is 23.0 Å². The van der Waals surface area contributed by atoms with Crippen molar-refractivity contribution < 1.29 is 4.74 Å². The second-order valence-electron chi connectivity index (χ2n) is 2.63. The van der Waals surface area contributed by atoms with Crippen molar-refractivity contribution in [3.05, 3.63) is 18.0 Å². The minimum Gasteiger partial charge on any atom is -0.377 e. The summed E-state index contributed by atoms with van der Waals surface area (Å²) in [5.74, 6) is 0. The molecule has 0 unspecified atom stereocenters. The third-order valence-electron chi connectivity index (χ3n) is 1.74. The van der Waals surface area contributed by atoms with E-state index in [-0.39, 0.29) is 0 Å². The molecule has 0 N–H and O–H groups in total. The van der Waals surface area contributed by atoms with Gasteiger partial charge in [-0.15, -0.1) is 0 Å². The molecule has 1 aromatic rings. The molecule has 0 spiro atoms. The smallest absolute Gasteiger partial charge is 0.0985 e. The van der Waals surface area contributed by atoms with E-state index < -0.39 is 0 Å². The zero-order chi connectivity index (χ0) is 8.97. The van der Waals surface area contributed by atoms with Gasteiger partial charge in [0.15, 0.2) is 0 Å². The largest absolute Gasteiger partial charge is 0.377 e. The molecule has 0 amide bonds. The third-order valence-corrected chi connectivity index (χ3v) is 1.74. The van der Waals surface area contributed by atoms with Gasteiger partial charge in [0.25, 0.3) is 0 Å². The van der Waals surface area contributed by atoms with Gasteiger partial charge in [-0.2, -0.15) is 5.10 Å². The molecule has 3 nitrogen and oxygen atoms in total. The maximum absolute atomic E-state index is 5.04. The predicted molar refractivity (Wildman–Crippen MR) is 48.2 cm³/mol. The Labute approximate surface area is 73.3 Å². The molecule has 0 radical (unpaired) electrons. The lowest BCUT2D eigenvalue weighted by Crippen LogP contribution is -2.30. The fourth-order valence-electron chi connectivity index (χ4n) is 1.01. The van der Waals surface area contributed by atoms with Crippen LogP contribution in [0.25, 0.3) is 0 Å². The molecule has 2 rings (SSSR count). The van der Waals surface area contributed by atoms with E-state index in [1.54, 1.807) is 0 Å². The van der Waals surface area contributed by atoms with Crippen LogP contribution >= 0.6 is 0 Å². The van der Waals surface area contributed by atoms with Gasteiger partial charge in [-0.1, -0.05) is 13.8 Å². The number of aryl methyl sites for hydroxylation is 1. The Balaban J connectivity index is 0.000000336. The molecule has 0 aromatic carbocycles. The Morgan fingerprint density at radius 3 is 2.50 bits per heavy atom. The summed E-state index contributed by atoms with van der Waals surface area (Å²) in [5.41, 5.74) is 1.08. The highest BCUT2D eigenvalue weighted by molar-refractivity contribution is 4.96. The Bertz CT molecular complexity index is 228. The van der Waals surface area contributed by atoms with Crippen molar-refractivity contribution in [3.8, 4) is 0 Å². The monoisotopic (exact) mass is 168 g/mol. The Morgan fingerprint density at radius 2 is 2.17 bits per heavy atom. The summed E-state index contributed by atoms with van der Waals surface area (Å²) in [6, 6.07) is 2.51. The molecule has 1 aliphatic rings. The van der Waals surface area contributed by atoms with E-state index >= 15 is 0 Å². The standard InChI is InChI=1S/C7H10N2O.C2H6/c1-6-2-3-9(8-6)7-4-10-5-7;1-2/h2-3,7H,4-5H2,1H3;1-2H3. The quantitative estimate of drug-likeness (QED) is 0.639. The van der Waals surface area contributed by atoms with Crippen molar-refractivity contribution in [1.82, 2.24) is 9.78 Å². The summed E-state index contributed by atoms with van der Waals surface area (Å²) < 4.78 is 7.01. The number of ether oxygens (including phenoxy) is 1. The number of rotatable bonds is 1. The number of hydrogen-bond acceptors (Lipinski definition) is 2. The molecule has 0 aliphatic carbocycles. The van der Waals surface area contributed by atoms with Crippen molar-refractivity contribution in [2.24, 2.45) is 0 Å². The molecule has 3 heteroatoms. The normalized spacial score (nSPS) is 16.2. The number of hydrogen-bond donors (Lipinski definition) is 0. The van der Waals surface area contributed by atoms with E-state index in [2.05, 4.69) is 5.10 Å². The first kappa shape index (κ1) is 9.26. The Kier molecular flexibility index (Phi) is 3.29. The van der Waals surface area contributed by atoms with E-state index in [4.69, 9.17) is 4.74 Å².